The second-order valence-electron chi connectivity index (χ2n) is 5.88. The Bertz CT molecular complexity index is 818. The molecule has 1 unspecified atom stereocenters. The van der Waals surface area contributed by atoms with Crippen molar-refractivity contribution in [3.8, 4) is 5.75 Å². The third-order valence-corrected chi connectivity index (χ3v) is 4.22. The molecule has 7 heteroatoms. The normalized spacial score (nSPS) is 13.7. The number of carbonyl (C=O) groups excluding carboxylic acids is 1. The second-order valence-corrected chi connectivity index (χ2v) is 7.46. The van der Waals surface area contributed by atoms with Gasteiger partial charge in [0, 0.05) is 0 Å². The molecule has 2 rings (SSSR count). The number of rotatable bonds is 7. The first-order valence-corrected chi connectivity index (χ1v) is 9.43. The summed E-state index contributed by atoms with van der Waals surface area (Å²) in [5.74, 6) is -0.235. The van der Waals surface area contributed by atoms with Gasteiger partial charge in [0.05, 0.1) is 25.3 Å². The van der Waals surface area contributed by atoms with Gasteiger partial charge >= 0.3 is 16.1 Å². The molecule has 6 nitrogen and oxygen atoms in total. The first-order chi connectivity index (χ1) is 11.7. The summed E-state index contributed by atoms with van der Waals surface area (Å²) in [6.07, 6.45) is 1.39. The number of hydrogen-bond acceptors (Lipinski definition) is 6. The molecule has 0 radical (unpaired) electrons. The van der Waals surface area contributed by atoms with Crippen LogP contribution in [-0.2, 0) is 31.6 Å². The highest BCUT2D eigenvalue weighted by Crippen LogP contribution is 2.29. The Labute approximate surface area is 147 Å². The Kier molecular flexibility index (Phi) is 5.81. The summed E-state index contributed by atoms with van der Waals surface area (Å²) in [5.41, 5.74) is 7.22. The number of ether oxygens (including phenoxy) is 1. The molecule has 0 fully saturated rings. The lowest BCUT2D eigenvalue weighted by Gasteiger charge is -2.29. The molecule has 2 N–H and O–H groups in total. The van der Waals surface area contributed by atoms with E-state index in [0.717, 1.165) is 11.8 Å². The number of esters is 1. The average molecular weight is 363 g/mol. The fourth-order valence-corrected chi connectivity index (χ4v) is 3.03. The van der Waals surface area contributed by atoms with Gasteiger partial charge in [-0.05, 0) is 29.7 Å². The number of carbonyl (C=O) groups is 1. The van der Waals surface area contributed by atoms with Gasteiger partial charge in [-0.1, -0.05) is 42.5 Å². The van der Waals surface area contributed by atoms with Crippen molar-refractivity contribution in [3.05, 3.63) is 65.7 Å². The van der Waals surface area contributed by atoms with Gasteiger partial charge < -0.3 is 14.7 Å². The average Bonchev–Trinajstić information content (AvgIpc) is 2.54. The van der Waals surface area contributed by atoms with Gasteiger partial charge in [0.1, 0.15) is 5.75 Å². The molecule has 25 heavy (non-hydrogen) atoms. The summed E-state index contributed by atoms with van der Waals surface area (Å²) in [6, 6.07) is 15.9. The van der Waals surface area contributed by atoms with E-state index in [1.54, 1.807) is 12.1 Å². The summed E-state index contributed by atoms with van der Waals surface area (Å²) in [7, 11) is -2.29. The monoisotopic (exact) mass is 363 g/mol. The maximum Gasteiger partial charge on any atom is 0.307 e. The molecule has 0 amide bonds. The Morgan fingerprint density at radius 3 is 2.20 bits per heavy atom. The standard InChI is InChI=1S/C18H21NO5S/c1-23-17(20)13-18(19,12-14-6-4-3-5-7-14)15-8-10-16(11-9-15)24-25(2,21)22/h3-11H,12-13,19H2,1-2H3. The quantitative estimate of drug-likeness (QED) is 0.597. The number of nitrogens with two attached hydrogens (primary N) is 1. The van der Waals surface area contributed by atoms with Crippen LogP contribution in [0, 0.1) is 0 Å². The molecule has 0 aliphatic rings. The highest BCUT2D eigenvalue weighted by molar-refractivity contribution is 7.86. The molecule has 0 bridgehead atoms. The molecule has 1 atom stereocenters. The van der Waals surface area contributed by atoms with E-state index in [0.29, 0.717) is 12.0 Å². The smallest absolute Gasteiger partial charge is 0.307 e. The van der Waals surface area contributed by atoms with Crippen LogP contribution < -0.4 is 9.92 Å². The predicted molar refractivity (Wildman–Crippen MR) is 94.6 cm³/mol. The van der Waals surface area contributed by atoms with Gasteiger partial charge in [-0.2, -0.15) is 8.42 Å². The lowest BCUT2D eigenvalue weighted by atomic mass is 9.82. The third-order valence-electron chi connectivity index (χ3n) is 3.73. The second kappa shape index (κ2) is 7.67. The first-order valence-electron chi connectivity index (χ1n) is 7.61. The van der Waals surface area contributed by atoms with Crippen LogP contribution in [0.1, 0.15) is 17.5 Å². The van der Waals surface area contributed by atoms with E-state index in [4.69, 9.17) is 14.7 Å². The van der Waals surface area contributed by atoms with Gasteiger partial charge in [-0.15, -0.1) is 0 Å². The molecule has 0 saturated carbocycles. The van der Waals surface area contributed by atoms with Crippen LogP contribution >= 0.6 is 0 Å². The van der Waals surface area contributed by atoms with Crippen LogP contribution in [0.15, 0.2) is 54.6 Å². The fraction of sp³-hybridized carbons (Fsp3) is 0.278. The van der Waals surface area contributed by atoms with E-state index in [1.165, 1.54) is 19.2 Å². The number of hydrogen-bond donors (Lipinski definition) is 1. The fourth-order valence-electron chi connectivity index (χ4n) is 2.57. The van der Waals surface area contributed by atoms with Gasteiger partial charge in [0.2, 0.25) is 0 Å². The molecular weight excluding hydrogens is 342 g/mol. The Morgan fingerprint density at radius 1 is 1.08 bits per heavy atom. The summed E-state index contributed by atoms with van der Waals surface area (Å²) >= 11 is 0. The Hall–Kier alpha value is -2.38. The minimum Gasteiger partial charge on any atom is -0.469 e. The van der Waals surface area contributed by atoms with Gasteiger partial charge in [-0.25, -0.2) is 0 Å². The molecule has 0 aliphatic carbocycles. The molecule has 134 valence electrons. The third kappa shape index (κ3) is 5.58. The van der Waals surface area contributed by atoms with Crippen LogP contribution in [-0.4, -0.2) is 27.8 Å². The predicted octanol–water partition coefficient (Wildman–Crippen LogP) is 1.98. The molecular formula is C18H21NO5S. The van der Waals surface area contributed by atoms with Crippen molar-refractivity contribution in [1.82, 2.24) is 0 Å². The van der Waals surface area contributed by atoms with Crippen LogP contribution in [0.4, 0.5) is 0 Å². The Balaban J connectivity index is 2.32. The highest BCUT2D eigenvalue weighted by Gasteiger charge is 2.31. The largest absolute Gasteiger partial charge is 0.469 e. The molecule has 0 spiro atoms. The zero-order chi connectivity index (χ0) is 18.5. The zero-order valence-corrected chi connectivity index (χ0v) is 15.0. The SMILES string of the molecule is COC(=O)CC(N)(Cc1ccccc1)c1ccc(OS(C)(=O)=O)cc1. The summed E-state index contributed by atoms with van der Waals surface area (Å²) < 4.78 is 32.0. The number of benzene rings is 2. The van der Waals surface area contributed by atoms with Crippen molar-refractivity contribution in [2.45, 2.75) is 18.4 Å². The zero-order valence-electron chi connectivity index (χ0n) is 14.1. The molecule has 2 aromatic carbocycles. The lowest BCUT2D eigenvalue weighted by molar-refractivity contribution is -0.142. The van der Waals surface area contributed by atoms with Crippen LogP contribution in [0.25, 0.3) is 0 Å². The van der Waals surface area contributed by atoms with Crippen molar-refractivity contribution in [3.63, 3.8) is 0 Å². The van der Waals surface area contributed by atoms with E-state index in [-0.39, 0.29) is 12.2 Å². The summed E-state index contributed by atoms with van der Waals surface area (Å²) in [5, 5.41) is 0. The molecule has 0 aliphatic heterocycles. The van der Waals surface area contributed by atoms with Crippen LogP contribution in [0.5, 0.6) is 5.75 Å². The van der Waals surface area contributed by atoms with Gasteiger partial charge in [0.25, 0.3) is 0 Å². The molecule has 0 heterocycles. The van der Waals surface area contributed by atoms with Crippen molar-refractivity contribution < 1.29 is 22.1 Å². The summed E-state index contributed by atoms with van der Waals surface area (Å²) in [6.45, 7) is 0. The van der Waals surface area contributed by atoms with E-state index in [1.807, 2.05) is 30.3 Å². The van der Waals surface area contributed by atoms with Crippen molar-refractivity contribution in [2.75, 3.05) is 13.4 Å². The van der Waals surface area contributed by atoms with Crippen molar-refractivity contribution in [2.24, 2.45) is 5.73 Å². The van der Waals surface area contributed by atoms with Gasteiger partial charge in [-0.3, -0.25) is 4.79 Å². The number of methoxy groups -OCH3 is 1. The lowest BCUT2D eigenvalue weighted by Crippen LogP contribution is -2.41. The Morgan fingerprint density at radius 2 is 1.68 bits per heavy atom. The van der Waals surface area contributed by atoms with E-state index in [9.17, 15) is 13.2 Å². The van der Waals surface area contributed by atoms with Crippen molar-refractivity contribution in [1.29, 1.82) is 0 Å². The maximum absolute atomic E-state index is 11.8. The summed E-state index contributed by atoms with van der Waals surface area (Å²) in [4.78, 5) is 11.8. The van der Waals surface area contributed by atoms with Crippen molar-refractivity contribution >= 4 is 16.1 Å². The van der Waals surface area contributed by atoms with Crippen LogP contribution in [0.2, 0.25) is 0 Å². The first kappa shape index (κ1) is 19.0. The minimum atomic E-state index is -3.60. The minimum absolute atomic E-state index is 0.00925. The molecule has 2 aromatic rings. The van der Waals surface area contributed by atoms with Gasteiger partial charge in [0.15, 0.2) is 0 Å². The van der Waals surface area contributed by atoms with Crippen LogP contribution in [0.3, 0.4) is 0 Å². The highest BCUT2D eigenvalue weighted by atomic mass is 32.2. The topological polar surface area (TPSA) is 95.7 Å². The van der Waals surface area contributed by atoms with E-state index in [2.05, 4.69) is 0 Å². The molecule has 0 saturated heterocycles. The van der Waals surface area contributed by atoms with E-state index >= 15 is 0 Å². The molecule has 0 aromatic heterocycles. The maximum atomic E-state index is 11.8. The van der Waals surface area contributed by atoms with E-state index < -0.39 is 21.6 Å².